The molecule has 1 aromatic carbocycles. The summed E-state index contributed by atoms with van der Waals surface area (Å²) in [4.78, 5) is 21.5. The Kier molecular flexibility index (Phi) is 5.00. The monoisotopic (exact) mass is 245 g/mol. The highest BCUT2D eigenvalue weighted by Gasteiger charge is 1.99. The fourth-order valence-electron chi connectivity index (χ4n) is 1.09. The Hall–Kier alpha value is -2.74. The molecule has 0 heterocycles. The van der Waals surface area contributed by atoms with Crippen LogP contribution in [-0.4, -0.2) is 23.6 Å². The number of hydrogen-bond acceptors (Lipinski definition) is 3. The number of nitrogens with one attached hydrogen (secondary N) is 1. The molecule has 0 saturated heterocycles. The van der Waals surface area contributed by atoms with E-state index in [2.05, 4.69) is 11.2 Å². The maximum absolute atomic E-state index is 11.3. The average molecular weight is 245 g/mol. The van der Waals surface area contributed by atoms with Crippen molar-refractivity contribution in [3.05, 3.63) is 36.4 Å². The van der Waals surface area contributed by atoms with E-state index < -0.39 is 11.9 Å². The van der Waals surface area contributed by atoms with Gasteiger partial charge in [0, 0.05) is 17.8 Å². The van der Waals surface area contributed by atoms with Crippen molar-refractivity contribution in [2.45, 2.75) is 0 Å². The molecule has 5 heteroatoms. The first kappa shape index (κ1) is 13.3. The Morgan fingerprint density at radius 3 is 2.56 bits per heavy atom. The van der Waals surface area contributed by atoms with Gasteiger partial charge >= 0.3 is 5.97 Å². The molecule has 0 aromatic heterocycles. The molecule has 0 spiro atoms. The standard InChI is InChI=1S/C13H11NO4/c1-2-9-18-11-5-3-10(4-6-11)14-12(15)7-8-13(16)17/h1,3-8H,9H2,(H,14,15)(H,16,17)/b8-7-. The van der Waals surface area contributed by atoms with Gasteiger partial charge in [-0.3, -0.25) is 4.79 Å². The second kappa shape index (κ2) is 6.76. The van der Waals surface area contributed by atoms with Gasteiger partial charge in [0.25, 0.3) is 0 Å². The molecule has 5 nitrogen and oxygen atoms in total. The third-order valence-electron chi connectivity index (χ3n) is 1.82. The van der Waals surface area contributed by atoms with E-state index >= 15 is 0 Å². The van der Waals surface area contributed by atoms with E-state index in [1.54, 1.807) is 24.3 Å². The van der Waals surface area contributed by atoms with Crippen molar-refractivity contribution < 1.29 is 19.4 Å². The summed E-state index contributed by atoms with van der Waals surface area (Å²) < 4.78 is 5.15. The molecule has 1 amide bonds. The van der Waals surface area contributed by atoms with Crippen LogP contribution >= 0.6 is 0 Å². The summed E-state index contributed by atoms with van der Waals surface area (Å²) in [6.45, 7) is 0.174. The van der Waals surface area contributed by atoms with E-state index in [1.165, 1.54) is 0 Å². The first-order chi connectivity index (χ1) is 8.61. The van der Waals surface area contributed by atoms with Crippen molar-refractivity contribution in [2.75, 3.05) is 11.9 Å². The Labute approximate surface area is 104 Å². The fourth-order valence-corrected chi connectivity index (χ4v) is 1.09. The van der Waals surface area contributed by atoms with Crippen LogP contribution in [0.15, 0.2) is 36.4 Å². The van der Waals surface area contributed by atoms with Crippen LogP contribution in [0.2, 0.25) is 0 Å². The zero-order valence-electron chi connectivity index (χ0n) is 9.42. The van der Waals surface area contributed by atoms with Crippen LogP contribution in [-0.2, 0) is 9.59 Å². The molecule has 0 fully saturated rings. The third-order valence-corrected chi connectivity index (χ3v) is 1.82. The molecule has 1 aromatic rings. The van der Waals surface area contributed by atoms with Crippen molar-refractivity contribution in [1.29, 1.82) is 0 Å². The zero-order chi connectivity index (χ0) is 13.4. The topological polar surface area (TPSA) is 75.6 Å². The molecule has 92 valence electrons. The third kappa shape index (κ3) is 4.86. The Balaban J connectivity index is 2.56. The van der Waals surface area contributed by atoms with Crippen LogP contribution in [0.1, 0.15) is 0 Å². The molecular weight excluding hydrogens is 234 g/mol. The van der Waals surface area contributed by atoms with Gasteiger partial charge in [-0.2, -0.15) is 0 Å². The number of amides is 1. The largest absolute Gasteiger partial charge is 0.481 e. The van der Waals surface area contributed by atoms with Crippen LogP contribution in [0.5, 0.6) is 5.75 Å². The van der Waals surface area contributed by atoms with Gasteiger partial charge in [0.15, 0.2) is 0 Å². The summed E-state index contributed by atoms with van der Waals surface area (Å²) in [5.74, 6) is 1.23. The Morgan fingerprint density at radius 2 is 2.00 bits per heavy atom. The van der Waals surface area contributed by atoms with Crippen molar-refractivity contribution >= 4 is 17.6 Å². The van der Waals surface area contributed by atoms with E-state index in [-0.39, 0.29) is 6.61 Å². The SMILES string of the molecule is C#CCOc1ccc(NC(=O)/C=C\C(=O)O)cc1. The van der Waals surface area contributed by atoms with Crippen molar-refractivity contribution in [3.8, 4) is 18.1 Å². The lowest BCUT2D eigenvalue weighted by Crippen LogP contribution is -2.08. The van der Waals surface area contributed by atoms with Crippen LogP contribution in [0.4, 0.5) is 5.69 Å². The first-order valence-corrected chi connectivity index (χ1v) is 5.00. The predicted octanol–water partition coefficient (Wildman–Crippen LogP) is 1.28. The molecule has 2 N–H and O–H groups in total. The fraction of sp³-hybridized carbons (Fsp3) is 0.0769. The molecule has 1 rings (SSSR count). The predicted molar refractivity (Wildman–Crippen MR) is 66.2 cm³/mol. The lowest BCUT2D eigenvalue weighted by molar-refractivity contribution is -0.131. The number of rotatable bonds is 5. The summed E-state index contributed by atoms with van der Waals surface area (Å²) in [7, 11) is 0. The van der Waals surface area contributed by atoms with Gasteiger partial charge in [0.2, 0.25) is 5.91 Å². The van der Waals surface area contributed by atoms with Crippen molar-refractivity contribution in [2.24, 2.45) is 0 Å². The van der Waals surface area contributed by atoms with Gasteiger partial charge in [-0.15, -0.1) is 6.42 Å². The number of carbonyl (C=O) groups excluding carboxylic acids is 1. The minimum absolute atomic E-state index is 0.174. The highest BCUT2D eigenvalue weighted by molar-refractivity contribution is 6.02. The van der Waals surface area contributed by atoms with E-state index in [1.807, 2.05) is 0 Å². The molecule has 0 atom stereocenters. The first-order valence-electron chi connectivity index (χ1n) is 5.00. The molecule has 0 aliphatic rings. The van der Waals surface area contributed by atoms with Gasteiger partial charge in [-0.05, 0) is 24.3 Å². The molecule has 18 heavy (non-hydrogen) atoms. The van der Waals surface area contributed by atoms with Gasteiger partial charge in [0.1, 0.15) is 12.4 Å². The zero-order valence-corrected chi connectivity index (χ0v) is 9.42. The summed E-state index contributed by atoms with van der Waals surface area (Å²) in [5.41, 5.74) is 0.531. The summed E-state index contributed by atoms with van der Waals surface area (Å²) in [5, 5.41) is 10.8. The number of aliphatic carboxylic acids is 1. The van der Waals surface area contributed by atoms with E-state index in [0.717, 1.165) is 12.2 Å². The molecule has 0 saturated carbocycles. The van der Waals surface area contributed by atoms with Crippen LogP contribution in [0, 0.1) is 12.3 Å². The number of benzene rings is 1. The molecule has 0 aliphatic carbocycles. The maximum Gasteiger partial charge on any atom is 0.328 e. The molecule has 0 unspecified atom stereocenters. The molecular formula is C13H11NO4. The molecule has 0 aliphatic heterocycles. The summed E-state index contributed by atoms with van der Waals surface area (Å²) in [6.07, 6.45) is 6.74. The average Bonchev–Trinajstić information content (AvgIpc) is 2.35. The minimum Gasteiger partial charge on any atom is -0.481 e. The van der Waals surface area contributed by atoms with Crippen molar-refractivity contribution in [1.82, 2.24) is 0 Å². The second-order valence-corrected chi connectivity index (χ2v) is 3.18. The van der Waals surface area contributed by atoms with E-state index in [4.69, 9.17) is 16.3 Å². The summed E-state index contributed by atoms with van der Waals surface area (Å²) in [6, 6.07) is 6.54. The van der Waals surface area contributed by atoms with Crippen LogP contribution < -0.4 is 10.1 Å². The van der Waals surface area contributed by atoms with E-state index in [0.29, 0.717) is 11.4 Å². The number of ether oxygens (including phenoxy) is 1. The normalized spacial score (nSPS) is 9.72. The van der Waals surface area contributed by atoms with Gasteiger partial charge in [-0.25, -0.2) is 4.79 Å². The Bertz CT molecular complexity index is 497. The van der Waals surface area contributed by atoms with Crippen LogP contribution in [0.3, 0.4) is 0 Å². The quantitative estimate of drug-likeness (QED) is 0.605. The lowest BCUT2D eigenvalue weighted by atomic mass is 10.3. The van der Waals surface area contributed by atoms with Gasteiger partial charge < -0.3 is 15.2 Å². The summed E-state index contributed by atoms with van der Waals surface area (Å²) >= 11 is 0. The highest BCUT2D eigenvalue weighted by Crippen LogP contribution is 2.15. The number of carboxylic acids is 1. The Morgan fingerprint density at radius 1 is 1.33 bits per heavy atom. The van der Waals surface area contributed by atoms with Crippen molar-refractivity contribution in [3.63, 3.8) is 0 Å². The van der Waals surface area contributed by atoms with Gasteiger partial charge in [0.05, 0.1) is 0 Å². The maximum atomic E-state index is 11.3. The highest BCUT2D eigenvalue weighted by atomic mass is 16.5. The molecule has 0 bridgehead atoms. The van der Waals surface area contributed by atoms with Crippen LogP contribution in [0.25, 0.3) is 0 Å². The minimum atomic E-state index is -1.18. The number of carbonyl (C=O) groups is 2. The van der Waals surface area contributed by atoms with E-state index in [9.17, 15) is 9.59 Å². The number of terminal acetylenes is 1. The lowest BCUT2D eigenvalue weighted by Gasteiger charge is -2.04. The second-order valence-electron chi connectivity index (χ2n) is 3.18. The number of anilines is 1. The van der Waals surface area contributed by atoms with Gasteiger partial charge in [-0.1, -0.05) is 5.92 Å². The number of hydrogen-bond donors (Lipinski definition) is 2. The smallest absolute Gasteiger partial charge is 0.328 e. The number of carboxylic acid groups (broad SMARTS) is 1. The molecule has 0 radical (unpaired) electrons.